The molecule has 5 heteroatoms. The van der Waals surface area contributed by atoms with Crippen LogP contribution in [0.1, 0.15) is 22.8 Å². The van der Waals surface area contributed by atoms with Gasteiger partial charge in [-0.1, -0.05) is 64.8 Å². The van der Waals surface area contributed by atoms with Crippen LogP contribution in [0.2, 0.25) is 10.0 Å². The minimum atomic E-state index is 0.00622. The Morgan fingerprint density at radius 3 is 2.41 bits per heavy atom. The molecule has 0 atom stereocenters. The van der Waals surface area contributed by atoms with Crippen LogP contribution in [0.15, 0.2) is 51.9 Å². The van der Waals surface area contributed by atoms with Crippen molar-refractivity contribution in [3.63, 3.8) is 0 Å². The Morgan fingerprint density at radius 2 is 1.73 bits per heavy atom. The molecule has 0 fully saturated rings. The summed E-state index contributed by atoms with van der Waals surface area (Å²) in [6, 6.07) is 11.2. The topological polar surface area (TPSA) is 29.1 Å². The van der Waals surface area contributed by atoms with Gasteiger partial charge in [0.2, 0.25) is 5.78 Å². The number of Topliss-reactive ketones (excluding diaryl/α,β-unsaturated/α-hetero) is 1. The second-order valence-electron chi connectivity index (χ2n) is 5.11. The van der Waals surface area contributed by atoms with E-state index in [2.05, 4.69) is 5.32 Å². The van der Waals surface area contributed by atoms with Gasteiger partial charge in [0.1, 0.15) is 0 Å². The number of hydrogen-bond acceptors (Lipinski definition) is 3. The van der Waals surface area contributed by atoms with Crippen LogP contribution in [-0.2, 0) is 0 Å². The summed E-state index contributed by atoms with van der Waals surface area (Å²) in [5, 5.41) is 4.18. The summed E-state index contributed by atoms with van der Waals surface area (Å²) in [5.74, 6) is 0.00622. The smallest absolute Gasteiger partial charge is 0.201 e. The first-order valence-corrected chi connectivity index (χ1v) is 8.29. The summed E-state index contributed by atoms with van der Waals surface area (Å²) in [7, 11) is 0. The fraction of sp³-hybridized carbons (Fsp3) is 0.118. The van der Waals surface area contributed by atoms with Crippen molar-refractivity contribution in [3.05, 3.63) is 68.2 Å². The summed E-state index contributed by atoms with van der Waals surface area (Å²) < 4.78 is 0. The third-order valence-corrected chi connectivity index (χ3v) is 5.50. The number of rotatable bonds is 2. The number of nitrogens with one attached hydrogen (secondary N) is 1. The highest BCUT2D eigenvalue weighted by Crippen LogP contribution is 2.46. The maximum Gasteiger partial charge on any atom is 0.201 e. The van der Waals surface area contributed by atoms with E-state index < -0.39 is 0 Å². The summed E-state index contributed by atoms with van der Waals surface area (Å²) in [6.07, 6.45) is 0. The zero-order valence-electron chi connectivity index (χ0n) is 12.0. The van der Waals surface area contributed by atoms with Gasteiger partial charge in [-0.25, -0.2) is 0 Å². The van der Waals surface area contributed by atoms with Crippen LogP contribution in [0.5, 0.6) is 0 Å². The predicted octanol–water partition coefficient (Wildman–Crippen LogP) is 5.93. The van der Waals surface area contributed by atoms with E-state index in [9.17, 15) is 4.79 Å². The van der Waals surface area contributed by atoms with Gasteiger partial charge in [-0.2, -0.15) is 0 Å². The van der Waals surface area contributed by atoms with Crippen LogP contribution < -0.4 is 5.32 Å². The molecule has 2 nitrogen and oxygen atoms in total. The molecule has 0 aliphatic carbocycles. The summed E-state index contributed by atoms with van der Waals surface area (Å²) in [5.41, 5.74) is 3.35. The Balaban J connectivity index is 1.97. The summed E-state index contributed by atoms with van der Waals surface area (Å²) in [6.45, 7) is 3.87. The molecule has 0 spiro atoms. The lowest BCUT2D eigenvalue weighted by Gasteiger charge is -2.22. The van der Waals surface area contributed by atoms with Gasteiger partial charge in [0, 0.05) is 16.2 Å². The molecule has 1 N–H and O–H groups in total. The molecule has 0 amide bonds. The van der Waals surface area contributed by atoms with Crippen molar-refractivity contribution in [3.8, 4) is 0 Å². The van der Waals surface area contributed by atoms with Gasteiger partial charge in [-0.15, -0.1) is 0 Å². The molecular formula is C17H13Cl2NOS. The average molecular weight is 350 g/mol. The minimum absolute atomic E-state index is 0.00622. The Bertz CT molecular complexity index is 797. The molecule has 0 saturated carbocycles. The van der Waals surface area contributed by atoms with Crippen LogP contribution in [0, 0.1) is 6.92 Å². The third-order valence-electron chi connectivity index (χ3n) is 3.44. The van der Waals surface area contributed by atoms with E-state index >= 15 is 0 Å². The predicted molar refractivity (Wildman–Crippen MR) is 94.2 cm³/mol. The first-order valence-electron chi connectivity index (χ1n) is 6.72. The van der Waals surface area contributed by atoms with Crippen molar-refractivity contribution in [1.29, 1.82) is 0 Å². The molecular weight excluding hydrogens is 337 g/mol. The van der Waals surface area contributed by atoms with Crippen LogP contribution >= 0.6 is 35.0 Å². The number of aryl methyl sites for hydroxylation is 1. The Morgan fingerprint density at radius 1 is 1.05 bits per heavy atom. The highest BCUT2D eigenvalue weighted by molar-refractivity contribution is 8.04. The Hall–Kier alpha value is -1.42. The zero-order valence-corrected chi connectivity index (χ0v) is 14.4. The molecule has 1 aliphatic rings. The van der Waals surface area contributed by atoms with Crippen molar-refractivity contribution in [2.45, 2.75) is 18.7 Å². The van der Waals surface area contributed by atoms with E-state index in [-0.39, 0.29) is 5.78 Å². The molecule has 112 valence electrons. The number of carbonyl (C=O) groups is 1. The van der Waals surface area contributed by atoms with Gasteiger partial charge >= 0.3 is 0 Å². The second-order valence-corrected chi connectivity index (χ2v) is 6.95. The van der Waals surface area contributed by atoms with Gasteiger partial charge in [-0.3, -0.25) is 4.79 Å². The first-order chi connectivity index (χ1) is 10.5. The number of halogens is 2. The molecule has 22 heavy (non-hydrogen) atoms. The molecule has 1 aliphatic heterocycles. The number of carbonyl (C=O) groups excluding carboxylic acids is 1. The minimum Gasteiger partial charge on any atom is -0.356 e. The fourth-order valence-electron chi connectivity index (χ4n) is 2.22. The van der Waals surface area contributed by atoms with Gasteiger partial charge in [0.25, 0.3) is 0 Å². The first kappa shape index (κ1) is 15.5. The SMILES string of the molecule is CC1=C(C(=O)c2ccc(C)cc2)Sc2ccc(Cl)c(Cl)c2N1. The van der Waals surface area contributed by atoms with Crippen molar-refractivity contribution in [2.24, 2.45) is 0 Å². The van der Waals surface area contributed by atoms with E-state index in [1.54, 1.807) is 6.07 Å². The molecule has 0 saturated heterocycles. The number of allylic oxidation sites excluding steroid dienone is 2. The van der Waals surface area contributed by atoms with E-state index in [0.29, 0.717) is 20.5 Å². The molecule has 1 heterocycles. The lowest BCUT2D eigenvalue weighted by molar-refractivity contribution is 0.104. The summed E-state index contributed by atoms with van der Waals surface area (Å²) >= 11 is 13.7. The van der Waals surface area contributed by atoms with Crippen molar-refractivity contribution in [2.75, 3.05) is 5.32 Å². The Labute approximate surface area is 143 Å². The van der Waals surface area contributed by atoms with E-state index in [1.165, 1.54) is 11.8 Å². The van der Waals surface area contributed by atoms with Gasteiger partial charge < -0.3 is 5.32 Å². The molecule has 0 bridgehead atoms. The van der Waals surface area contributed by atoms with Crippen LogP contribution in [0.25, 0.3) is 0 Å². The average Bonchev–Trinajstić information content (AvgIpc) is 2.51. The standard InChI is InChI=1S/C17H13Cl2NOS/c1-9-3-5-11(6-4-9)16(21)17-10(2)20-15-13(22-17)8-7-12(18)14(15)19/h3-8,20H,1-2H3. The molecule has 2 aromatic rings. The normalized spacial score (nSPS) is 13.6. The van der Waals surface area contributed by atoms with Crippen molar-refractivity contribution < 1.29 is 4.79 Å². The van der Waals surface area contributed by atoms with Crippen LogP contribution in [0.4, 0.5) is 5.69 Å². The molecule has 0 unspecified atom stereocenters. The van der Waals surface area contributed by atoms with Gasteiger partial charge in [0.05, 0.1) is 20.6 Å². The van der Waals surface area contributed by atoms with E-state index in [4.69, 9.17) is 23.2 Å². The number of hydrogen-bond donors (Lipinski definition) is 1. The monoisotopic (exact) mass is 349 g/mol. The highest BCUT2D eigenvalue weighted by atomic mass is 35.5. The second kappa shape index (κ2) is 5.99. The van der Waals surface area contributed by atoms with E-state index in [1.807, 2.05) is 44.2 Å². The van der Waals surface area contributed by atoms with Crippen LogP contribution in [-0.4, -0.2) is 5.78 Å². The summed E-state index contributed by atoms with van der Waals surface area (Å²) in [4.78, 5) is 14.3. The zero-order chi connectivity index (χ0) is 15.9. The lowest BCUT2D eigenvalue weighted by atomic mass is 10.1. The highest BCUT2D eigenvalue weighted by Gasteiger charge is 2.24. The maximum atomic E-state index is 12.7. The lowest BCUT2D eigenvalue weighted by Crippen LogP contribution is -2.12. The van der Waals surface area contributed by atoms with E-state index in [0.717, 1.165) is 21.8 Å². The fourth-order valence-corrected chi connectivity index (χ4v) is 3.67. The molecule has 3 rings (SSSR count). The van der Waals surface area contributed by atoms with Crippen molar-refractivity contribution in [1.82, 2.24) is 0 Å². The quantitative estimate of drug-likeness (QED) is 0.680. The third kappa shape index (κ3) is 2.76. The number of fused-ring (bicyclic) bond motifs is 1. The Kier molecular flexibility index (Phi) is 4.22. The molecule has 2 aromatic carbocycles. The molecule has 0 aromatic heterocycles. The molecule has 0 radical (unpaired) electrons. The maximum absolute atomic E-state index is 12.7. The van der Waals surface area contributed by atoms with Gasteiger partial charge in [-0.05, 0) is 26.0 Å². The number of thioether (sulfide) groups is 1. The number of ketones is 1. The number of anilines is 1. The van der Waals surface area contributed by atoms with Crippen LogP contribution in [0.3, 0.4) is 0 Å². The van der Waals surface area contributed by atoms with Gasteiger partial charge in [0.15, 0.2) is 0 Å². The largest absolute Gasteiger partial charge is 0.356 e. The van der Waals surface area contributed by atoms with Crippen molar-refractivity contribution >= 4 is 46.4 Å². The number of benzene rings is 2.